The second kappa shape index (κ2) is 11.1. The highest BCUT2D eigenvalue weighted by atomic mass is 35.5. The Morgan fingerprint density at radius 1 is 1.13 bits per heavy atom. The molecular weight excluding hydrogens is 552 g/mol. The van der Waals surface area contributed by atoms with E-state index in [2.05, 4.69) is 0 Å². The van der Waals surface area contributed by atoms with Gasteiger partial charge in [-0.2, -0.15) is 0 Å². The number of benzene rings is 2. The van der Waals surface area contributed by atoms with E-state index in [1.807, 2.05) is 0 Å². The van der Waals surface area contributed by atoms with E-state index >= 15 is 0 Å². The smallest absolute Gasteiger partial charge is 0.304 e. The Bertz CT molecular complexity index is 1290. The molecule has 4 atom stereocenters. The van der Waals surface area contributed by atoms with E-state index in [4.69, 9.17) is 23.2 Å². The monoisotopic (exact) mass is 585 g/mol. The number of hydrogen-bond acceptors (Lipinski definition) is 4. The summed E-state index contributed by atoms with van der Waals surface area (Å²) in [6.45, 7) is 8.25. The van der Waals surface area contributed by atoms with Gasteiger partial charge in [0.15, 0.2) is 9.84 Å². The number of piperidine rings is 1. The summed E-state index contributed by atoms with van der Waals surface area (Å²) in [7, 11) is -3.48. The molecule has 0 saturated carbocycles. The van der Waals surface area contributed by atoms with Crippen molar-refractivity contribution in [3.8, 4) is 0 Å². The highest BCUT2D eigenvalue weighted by Gasteiger charge is 2.52. The maximum absolute atomic E-state index is 14.5. The van der Waals surface area contributed by atoms with E-state index in [1.165, 1.54) is 12.1 Å². The van der Waals surface area contributed by atoms with Gasteiger partial charge in [-0.25, -0.2) is 12.8 Å². The van der Waals surface area contributed by atoms with Crippen molar-refractivity contribution in [2.45, 2.75) is 76.6 Å². The molecule has 1 heterocycles. The van der Waals surface area contributed by atoms with Crippen molar-refractivity contribution in [3.05, 3.63) is 69.5 Å². The number of likely N-dealkylation sites (tertiary alicyclic amines) is 1. The minimum Gasteiger partial charge on any atom is -0.481 e. The first-order valence-electron chi connectivity index (χ1n) is 12.4. The Morgan fingerprint density at radius 2 is 1.74 bits per heavy atom. The first kappa shape index (κ1) is 30.4. The maximum atomic E-state index is 14.5. The molecule has 10 heteroatoms. The minimum absolute atomic E-state index is 0.134. The fraction of sp³-hybridized carbons (Fsp3) is 0.500. The molecule has 1 fully saturated rings. The lowest BCUT2D eigenvalue weighted by molar-refractivity contribution is -0.160. The molecule has 0 aliphatic carbocycles. The van der Waals surface area contributed by atoms with Crippen LogP contribution in [0.25, 0.3) is 0 Å². The zero-order chi connectivity index (χ0) is 28.6. The van der Waals surface area contributed by atoms with Crippen LogP contribution in [0.5, 0.6) is 0 Å². The predicted molar refractivity (Wildman–Crippen MR) is 148 cm³/mol. The summed E-state index contributed by atoms with van der Waals surface area (Å²) in [4.78, 5) is 27.5. The molecule has 0 bridgehead atoms. The van der Waals surface area contributed by atoms with Crippen LogP contribution in [0.3, 0.4) is 0 Å². The number of nitrogens with zero attached hydrogens (tertiary/aromatic N) is 1. The molecule has 0 aromatic heterocycles. The largest absolute Gasteiger partial charge is 0.481 e. The summed E-state index contributed by atoms with van der Waals surface area (Å²) in [5, 5.41) is 10.4. The third-order valence-electron chi connectivity index (χ3n) is 7.38. The third kappa shape index (κ3) is 6.52. The van der Waals surface area contributed by atoms with Crippen LogP contribution in [-0.2, 0) is 19.4 Å². The lowest BCUT2D eigenvalue weighted by atomic mass is 9.67. The van der Waals surface area contributed by atoms with Crippen LogP contribution in [0, 0.1) is 11.2 Å². The Morgan fingerprint density at radius 3 is 2.26 bits per heavy atom. The van der Waals surface area contributed by atoms with E-state index in [1.54, 1.807) is 69.9 Å². The SMILES string of the molecule is C[C@@H](CCS(=O)(=O)C(C)(C)C)N1C(=O)C(C)(CC(=O)O)CC(c2cc(F)cc(Cl)c2)C1c1ccc(Cl)cc1. The number of carboxylic acids is 1. The van der Waals surface area contributed by atoms with Gasteiger partial charge in [-0.15, -0.1) is 0 Å². The number of carbonyl (C=O) groups is 2. The van der Waals surface area contributed by atoms with Gasteiger partial charge < -0.3 is 10.0 Å². The number of halogens is 3. The van der Waals surface area contributed by atoms with Crippen molar-refractivity contribution in [2.75, 3.05) is 5.75 Å². The molecule has 2 aromatic rings. The summed E-state index contributed by atoms with van der Waals surface area (Å²) in [6, 6.07) is 9.89. The number of carboxylic acid groups (broad SMARTS) is 1. The Kier molecular flexibility index (Phi) is 8.91. The Hall–Kier alpha value is -2.16. The molecular formula is C28H34Cl2FNO5S. The highest BCUT2D eigenvalue weighted by Crippen LogP contribution is 2.52. The molecule has 1 saturated heterocycles. The van der Waals surface area contributed by atoms with Gasteiger partial charge in [0, 0.05) is 22.0 Å². The summed E-state index contributed by atoms with van der Waals surface area (Å²) < 4.78 is 39.3. The summed E-state index contributed by atoms with van der Waals surface area (Å²) in [6.07, 6.45) is -0.147. The fourth-order valence-corrected chi connectivity index (χ4v) is 6.81. The Balaban J connectivity index is 2.19. The third-order valence-corrected chi connectivity index (χ3v) is 10.5. The van der Waals surface area contributed by atoms with E-state index in [0.29, 0.717) is 10.6 Å². The molecule has 208 valence electrons. The molecule has 1 aliphatic rings. The highest BCUT2D eigenvalue weighted by molar-refractivity contribution is 7.92. The van der Waals surface area contributed by atoms with Crippen LogP contribution >= 0.6 is 23.2 Å². The number of hydrogen-bond donors (Lipinski definition) is 1. The van der Waals surface area contributed by atoms with Crippen molar-refractivity contribution in [2.24, 2.45) is 5.41 Å². The molecule has 3 unspecified atom stereocenters. The van der Waals surface area contributed by atoms with Gasteiger partial charge in [-0.1, -0.05) is 42.3 Å². The van der Waals surface area contributed by atoms with E-state index < -0.39 is 56.2 Å². The van der Waals surface area contributed by atoms with Gasteiger partial charge in [0.2, 0.25) is 5.91 Å². The first-order valence-corrected chi connectivity index (χ1v) is 14.8. The molecule has 38 heavy (non-hydrogen) atoms. The van der Waals surface area contributed by atoms with Crippen LogP contribution in [0.4, 0.5) is 4.39 Å². The van der Waals surface area contributed by atoms with Gasteiger partial charge in [-0.3, -0.25) is 9.59 Å². The summed E-state index contributed by atoms with van der Waals surface area (Å²) >= 11 is 12.3. The molecule has 1 amide bonds. The van der Waals surface area contributed by atoms with E-state index in [-0.39, 0.29) is 29.5 Å². The lowest BCUT2D eigenvalue weighted by Gasteiger charge is -2.51. The molecule has 1 N–H and O–H groups in total. The standard InChI is InChI=1S/C28H34Cl2FNO5S/c1-17(10-11-38(36,37)27(2,3)4)32-25(18-6-8-20(29)9-7-18)23(19-12-21(30)14-22(31)13-19)15-28(5,26(32)35)16-24(33)34/h6-9,12-14,17,23,25H,10-11,15-16H2,1-5H3,(H,33,34)/t17-,23?,25?,28?/m0/s1. The quantitative estimate of drug-likeness (QED) is 0.374. The van der Waals surface area contributed by atoms with Crippen molar-refractivity contribution in [3.63, 3.8) is 0 Å². The lowest BCUT2D eigenvalue weighted by Crippen LogP contribution is -2.55. The van der Waals surface area contributed by atoms with Gasteiger partial charge in [0.25, 0.3) is 0 Å². The van der Waals surface area contributed by atoms with Crippen LogP contribution < -0.4 is 0 Å². The minimum atomic E-state index is -3.48. The predicted octanol–water partition coefficient (Wildman–Crippen LogP) is 6.66. The molecule has 0 radical (unpaired) electrons. The zero-order valence-corrected chi connectivity index (χ0v) is 24.5. The van der Waals surface area contributed by atoms with E-state index in [9.17, 15) is 27.5 Å². The summed E-state index contributed by atoms with van der Waals surface area (Å²) in [5.74, 6) is -2.74. The molecule has 3 rings (SSSR count). The van der Waals surface area contributed by atoms with Crippen LogP contribution in [-0.4, -0.2) is 46.8 Å². The molecule has 6 nitrogen and oxygen atoms in total. The number of sulfone groups is 1. The zero-order valence-electron chi connectivity index (χ0n) is 22.2. The van der Waals surface area contributed by atoms with Gasteiger partial charge in [0.1, 0.15) is 5.82 Å². The average Bonchev–Trinajstić information content (AvgIpc) is 2.78. The van der Waals surface area contributed by atoms with Crippen LogP contribution in [0.1, 0.15) is 77.0 Å². The number of amides is 1. The molecule has 2 aromatic carbocycles. The van der Waals surface area contributed by atoms with Crippen molar-refractivity contribution >= 4 is 44.9 Å². The maximum Gasteiger partial charge on any atom is 0.304 e. The second-order valence-corrected chi connectivity index (χ2v) is 15.2. The van der Waals surface area contributed by atoms with Crippen LogP contribution in [0.15, 0.2) is 42.5 Å². The Labute approximate surface area is 234 Å². The number of carbonyl (C=O) groups excluding carboxylic acids is 1. The second-order valence-electron chi connectivity index (χ2n) is 11.4. The first-order chi connectivity index (χ1) is 17.4. The fourth-order valence-electron chi connectivity index (χ4n) is 5.19. The topological polar surface area (TPSA) is 91.8 Å². The number of rotatable bonds is 8. The summed E-state index contributed by atoms with van der Waals surface area (Å²) in [5.41, 5.74) is -0.0651. The molecule has 1 aliphatic heterocycles. The van der Waals surface area contributed by atoms with Gasteiger partial charge in [0.05, 0.1) is 28.4 Å². The van der Waals surface area contributed by atoms with Crippen molar-refractivity contribution in [1.82, 2.24) is 4.90 Å². The van der Waals surface area contributed by atoms with E-state index in [0.717, 1.165) is 5.56 Å². The average molecular weight is 587 g/mol. The van der Waals surface area contributed by atoms with Gasteiger partial charge >= 0.3 is 5.97 Å². The number of aliphatic carboxylic acids is 1. The normalized spacial score (nSPS) is 23.4. The van der Waals surface area contributed by atoms with Crippen molar-refractivity contribution < 1.29 is 27.5 Å². The molecule has 0 spiro atoms. The van der Waals surface area contributed by atoms with Gasteiger partial charge in [-0.05, 0) is 82.0 Å². The van der Waals surface area contributed by atoms with Crippen molar-refractivity contribution in [1.29, 1.82) is 0 Å². The van der Waals surface area contributed by atoms with Crippen LogP contribution in [0.2, 0.25) is 10.0 Å².